The predicted octanol–water partition coefficient (Wildman–Crippen LogP) is 4.69. The number of hydrogen-bond acceptors (Lipinski definition) is 1. The molecule has 21 heavy (non-hydrogen) atoms. The van der Waals surface area contributed by atoms with E-state index in [1.807, 2.05) is 0 Å². The quantitative estimate of drug-likeness (QED) is 0.765. The van der Waals surface area contributed by atoms with Crippen LogP contribution in [0.1, 0.15) is 16.9 Å². The Bertz CT molecular complexity index is 711. The van der Waals surface area contributed by atoms with Crippen LogP contribution in [0.2, 0.25) is 35.2 Å². The van der Waals surface area contributed by atoms with E-state index in [4.69, 9.17) is 23.2 Å². The van der Waals surface area contributed by atoms with E-state index < -0.39 is 8.07 Å². The van der Waals surface area contributed by atoms with Crippen molar-refractivity contribution < 1.29 is 4.79 Å². The lowest BCUT2D eigenvalue weighted by Crippen LogP contribution is -2.34. The fourth-order valence-corrected chi connectivity index (χ4v) is 6.63. The van der Waals surface area contributed by atoms with Gasteiger partial charge in [0.05, 0.1) is 5.02 Å². The molecule has 1 atom stereocenters. The Balaban J connectivity index is 1.81. The molecule has 2 heterocycles. The van der Waals surface area contributed by atoms with Crippen LogP contribution in [-0.4, -0.2) is 25.0 Å². The van der Waals surface area contributed by atoms with Crippen molar-refractivity contribution >= 4 is 48.1 Å². The van der Waals surface area contributed by atoms with Gasteiger partial charge in [-0.3, -0.25) is 4.79 Å². The minimum Gasteiger partial charge on any atom is -0.350 e. The number of benzene rings is 1. The van der Waals surface area contributed by atoms with Crippen molar-refractivity contribution in [3.8, 4) is 0 Å². The minimum absolute atomic E-state index is 0.0601. The third kappa shape index (κ3) is 3.12. The Morgan fingerprint density at radius 3 is 2.76 bits per heavy atom. The zero-order valence-corrected chi connectivity index (χ0v) is 14.6. The Hall–Kier alpha value is -0.973. The molecule has 3 rings (SSSR count). The number of carbonyl (C=O) groups excluding carboxylic acids is 1. The SMILES string of the molecule is C[Si]1(C)CC[C@H](NC(=O)c2cc3c(Cl)cc(Cl)cc3[nH]2)C1. The van der Waals surface area contributed by atoms with E-state index in [1.165, 1.54) is 6.04 Å². The molecule has 1 saturated heterocycles. The van der Waals surface area contributed by atoms with Gasteiger partial charge in [-0.2, -0.15) is 0 Å². The minimum atomic E-state index is -1.08. The number of aromatic amines is 1. The standard InChI is InChI=1S/C15H18Cl2N2OSi/c1-21(2)4-3-10(8-21)18-15(20)14-7-11-12(17)5-9(16)6-13(11)19-14/h5-7,10,19H,3-4,8H2,1-2H3,(H,18,20)/t10-/m0/s1. The van der Waals surface area contributed by atoms with Gasteiger partial charge in [0.15, 0.2) is 0 Å². The molecule has 1 aromatic carbocycles. The molecule has 0 spiro atoms. The summed E-state index contributed by atoms with van der Waals surface area (Å²) in [4.78, 5) is 15.5. The predicted molar refractivity (Wildman–Crippen MR) is 91.3 cm³/mol. The summed E-state index contributed by atoms with van der Waals surface area (Å²) in [5.41, 5.74) is 1.33. The molecule has 3 nitrogen and oxygen atoms in total. The van der Waals surface area contributed by atoms with Crippen molar-refractivity contribution in [3.63, 3.8) is 0 Å². The summed E-state index contributed by atoms with van der Waals surface area (Å²) in [6.07, 6.45) is 1.10. The molecular weight excluding hydrogens is 323 g/mol. The summed E-state index contributed by atoms with van der Waals surface area (Å²) in [6, 6.07) is 8.01. The molecule has 112 valence electrons. The van der Waals surface area contributed by atoms with Crippen molar-refractivity contribution in [1.29, 1.82) is 0 Å². The highest BCUT2D eigenvalue weighted by Crippen LogP contribution is 2.31. The highest BCUT2D eigenvalue weighted by Gasteiger charge is 2.33. The van der Waals surface area contributed by atoms with E-state index >= 15 is 0 Å². The van der Waals surface area contributed by atoms with Crippen LogP contribution in [0.3, 0.4) is 0 Å². The number of nitrogens with one attached hydrogen (secondary N) is 2. The topological polar surface area (TPSA) is 44.9 Å². The molecule has 1 amide bonds. The first-order chi connectivity index (χ1) is 9.84. The Morgan fingerprint density at radius 1 is 1.33 bits per heavy atom. The van der Waals surface area contributed by atoms with Gasteiger partial charge in [-0.15, -0.1) is 0 Å². The van der Waals surface area contributed by atoms with Gasteiger partial charge >= 0.3 is 0 Å². The molecule has 6 heteroatoms. The summed E-state index contributed by atoms with van der Waals surface area (Å²) in [5, 5.41) is 5.08. The van der Waals surface area contributed by atoms with Crippen LogP contribution >= 0.6 is 23.2 Å². The third-order valence-corrected chi connectivity index (χ3v) is 7.97. The van der Waals surface area contributed by atoms with Crippen LogP contribution in [0, 0.1) is 0 Å². The molecule has 0 aliphatic carbocycles. The Morgan fingerprint density at radius 2 is 2.10 bits per heavy atom. The molecule has 1 aliphatic rings. The first-order valence-electron chi connectivity index (χ1n) is 7.13. The van der Waals surface area contributed by atoms with Crippen LogP contribution in [0.15, 0.2) is 18.2 Å². The second kappa shape index (κ2) is 5.34. The van der Waals surface area contributed by atoms with Crippen molar-refractivity contribution in [2.45, 2.75) is 37.6 Å². The average Bonchev–Trinajstić information content (AvgIpc) is 2.93. The van der Waals surface area contributed by atoms with Crippen LogP contribution in [0.25, 0.3) is 10.9 Å². The highest BCUT2D eigenvalue weighted by molar-refractivity contribution is 6.78. The fraction of sp³-hybridized carbons (Fsp3) is 0.400. The number of halogens is 2. The molecule has 0 radical (unpaired) electrons. The molecular formula is C15H18Cl2N2OSi. The van der Waals surface area contributed by atoms with E-state index in [1.54, 1.807) is 18.2 Å². The van der Waals surface area contributed by atoms with Gasteiger partial charge in [0.1, 0.15) is 5.69 Å². The molecule has 1 aliphatic heterocycles. The second-order valence-electron chi connectivity index (χ2n) is 6.61. The van der Waals surface area contributed by atoms with Gasteiger partial charge < -0.3 is 10.3 Å². The maximum atomic E-state index is 12.4. The largest absolute Gasteiger partial charge is 0.350 e. The third-order valence-electron chi connectivity index (χ3n) is 4.20. The Labute approximate surface area is 135 Å². The van der Waals surface area contributed by atoms with Crippen LogP contribution < -0.4 is 5.32 Å². The van der Waals surface area contributed by atoms with E-state index in [9.17, 15) is 4.79 Å². The summed E-state index contributed by atoms with van der Waals surface area (Å²) in [6.45, 7) is 4.76. The maximum absolute atomic E-state index is 12.4. The van der Waals surface area contributed by atoms with Gasteiger partial charge in [0, 0.05) is 30.0 Å². The molecule has 2 aromatic rings. The molecule has 0 unspecified atom stereocenters. The van der Waals surface area contributed by atoms with Crippen LogP contribution in [-0.2, 0) is 0 Å². The number of amides is 1. The normalized spacial score (nSPS) is 20.9. The zero-order chi connectivity index (χ0) is 15.2. The van der Waals surface area contributed by atoms with Crippen molar-refractivity contribution in [1.82, 2.24) is 10.3 Å². The van der Waals surface area contributed by atoms with Gasteiger partial charge in [-0.1, -0.05) is 42.3 Å². The van der Waals surface area contributed by atoms with Crippen molar-refractivity contribution in [3.05, 3.63) is 33.9 Å². The van der Waals surface area contributed by atoms with E-state index in [0.717, 1.165) is 23.4 Å². The monoisotopic (exact) mass is 340 g/mol. The van der Waals surface area contributed by atoms with E-state index in [-0.39, 0.29) is 5.91 Å². The number of carbonyl (C=O) groups is 1. The van der Waals surface area contributed by atoms with Gasteiger partial charge in [0.25, 0.3) is 5.91 Å². The first kappa shape index (κ1) is 14.9. The van der Waals surface area contributed by atoms with Gasteiger partial charge in [0.2, 0.25) is 0 Å². The molecule has 0 bridgehead atoms. The molecule has 0 saturated carbocycles. The van der Waals surface area contributed by atoms with E-state index in [0.29, 0.717) is 21.8 Å². The van der Waals surface area contributed by atoms with Crippen LogP contribution in [0.5, 0.6) is 0 Å². The van der Waals surface area contributed by atoms with Crippen molar-refractivity contribution in [2.24, 2.45) is 0 Å². The van der Waals surface area contributed by atoms with Crippen LogP contribution in [0.4, 0.5) is 0 Å². The lowest BCUT2D eigenvalue weighted by atomic mass is 10.2. The molecule has 1 fully saturated rings. The highest BCUT2D eigenvalue weighted by atomic mass is 35.5. The summed E-state index contributed by atoms with van der Waals surface area (Å²) < 4.78 is 0. The summed E-state index contributed by atoms with van der Waals surface area (Å²) in [5.74, 6) is -0.0601. The van der Waals surface area contributed by atoms with Gasteiger partial charge in [-0.25, -0.2) is 0 Å². The lowest BCUT2D eigenvalue weighted by Gasteiger charge is -2.15. The number of rotatable bonds is 2. The fourth-order valence-electron chi connectivity index (χ4n) is 3.11. The second-order valence-corrected chi connectivity index (χ2v) is 12.7. The Kier molecular flexibility index (Phi) is 3.80. The summed E-state index contributed by atoms with van der Waals surface area (Å²) in [7, 11) is -1.08. The smallest absolute Gasteiger partial charge is 0.267 e. The lowest BCUT2D eigenvalue weighted by molar-refractivity contribution is 0.0936. The maximum Gasteiger partial charge on any atom is 0.267 e. The summed E-state index contributed by atoms with van der Waals surface area (Å²) >= 11 is 12.1. The average molecular weight is 341 g/mol. The van der Waals surface area contributed by atoms with Crippen molar-refractivity contribution in [2.75, 3.05) is 0 Å². The van der Waals surface area contributed by atoms with E-state index in [2.05, 4.69) is 23.4 Å². The zero-order valence-electron chi connectivity index (χ0n) is 12.1. The first-order valence-corrected chi connectivity index (χ1v) is 11.3. The number of fused-ring (bicyclic) bond motifs is 1. The number of hydrogen-bond donors (Lipinski definition) is 2. The molecule has 2 N–H and O–H groups in total. The number of aromatic nitrogens is 1. The van der Waals surface area contributed by atoms with Gasteiger partial charge in [-0.05, 0) is 30.7 Å². The molecule has 1 aromatic heterocycles. The number of H-pyrrole nitrogens is 1.